The van der Waals surface area contributed by atoms with Gasteiger partial charge in [0.1, 0.15) is 0 Å². The van der Waals surface area contributed by atoms with E-state index < -0.39 is 0 Å². The molecule has 0 heterocycles. The summed E-state index contributed by atoms with van der Waals surface area (Å²) >= 11 is 0. The summed E-state index contributed by atoms with van der Waals surface area (Å²) < 4.78 is 12.6. The third-order valence-electron chi connectivity index (χ3n) is 4.29. The van der Waals surface area contributed by atoms with E-state index in [0.717, 1.165) is 25.7 Å². The molecule has 2 atom stereocenters. The standard InChI is InChI=1S/C17H29F/c1-7-11-17(12-10-13-18,15(5)9-3)16(6)14(4)8-2/h7,16H,1,4-5,8-13H2,2-3,6H3. The molecule has 0 spiro atoms. The van der Waals surface area contributed by atoms with Crippen molar-refractivity contribution in [2.75, 3.05) is 6.67 Å². The van der Waals surface area contributed by atoms with Gasteiger partial charge in [0.2, 0.25) is 0 Å². The number of rotatable bonds is 10. The summed E-state index contributed by atoms with van der Waals surface area (Å²) in [5.74, 6) is 0.333. The van der Waals surface area contributed by atoms with Gasteiger partial charge in [0, 0.05) is 5.41 Å². The van der Waals surface area contributed by atoms with Gasteiger partial charge in [0.15, 0.2) is 0 Å². The molecule has 2 unspecified atom stereocenters. The van der Waals surface area contributed by atoms with Gasteiger partial charge in [-0.15, -0.1) is 6.58 Å². The van der Waals surface area contributed by atoms with Crippen LogP contribution in [0, 0.1) is 11.3 Å². The molecule has 0 saturated heterocycles. The topological polar surface area (TPSA) is 0 Å². The van der Waals surface area contributed by atoms with Gasteiger partial charge in [-0.2, -0.15) is 0 Å². The Morgan fingerprint density at radius 3 is 2.28 bits per heavy atom. The van der Waals surface area contributed by atoms with E-state index in [2.05, 4.69) is 40.5 Å². The highest BCUT2D eigenvalue weighted by Crippen LogP contribution is 2.47. The Kier molecular flexibility index (Phi) is 7.90. The molecule has 0 aromatic heterocycles. The van der Waals surface area contributed by atoms with Gasteiger partial charge < -0.3 is 0 Å². The van der Waals surface area contributed by atoms with Gasteiger partial charge in [-0.05, 0) is 38.0 Å². The van der Waals surface area contributed by atoms with Crippen molar-refractivity contribution in [2.24, 2.45) is 11.3 Å². The Labute approximate surface area is 113 Å². The predicted molar refractivity (Wildman–Crippen MR) is 80.5 cm³/mol. The van der Waals surface area contributed by atoms with Crippen molar-refractivity contribution < 1.29 is 4.39 Å². The molecule has 1 heteroatoms. The van der Waals surface area contributed by atoms with Gasteiger partial charge in [-0.25, -0.2) is 0 Å². The summed E-state index contributed by atoms with van der Waals surface area (Å²) in [5, 5.41) is 0. The number of alkyl halides is 1. The van der Waals surface area contributed by atoms with E-state index in [1.54, 1.807) is 0 Å². The van der Waals surface area contributed by atoms with Crippen molar-refractivity contribution >= 4 is 0 Å². The lowest BCUT2D eigenvalue weighted by Gasteiger charge is -2.41. The molecule has 0 nitrogen and oxygen atoms in total. The van der Waals surface area contributed by atoms with Gasteiger partial charge in [-0.3, -0.25) is 4.39 Å². The largest absolute Gasteiger partial charge is 0.251 e. The Hall–Kier alpha value is -0.850. The molecule has 0 bridgehead atoms. The van der Waals surface area contributed by atoms with E-state index in [-0.39, 0.29) is 12.1 Å². The van der Waals surface area contributed by atoms with Crippen molar-refractivity contribution in [2.45, 2.75) is 52.9 Å². The molecule has 0 aliphatic carbocycles. The first kappa shape index (κ1) is 17.2. The van der Waals surface area contributed by atoms with E-state index >= 15 is 0 Å². The molecule has 0 N–H and O–H groups in total. The minimum Gasteiger partial charge on any atom is -0.251 e. The fraction of sp³-hybridized carbons (Fsp3) is 0.647. The van der Waals surface area contributed by atoms with Crippen LogP contribution in [0.25, 0.3) is 0 Å². The molecule has 18 heavy (non-hydrogen) atoms. The van der Waals surface area contributed by atoms with Crippen LogP contribution >= 0.6 is 0 Å². The maximum absolute atomic E-state index is 12.6. The van der Waals surface area contributed by atoms with Crippen molar-refractivity contribution in [1.82, 2.24) is 0 Å². The lowest BCUT2D eigenvalue weighted by molar-refractivity contribution is 0.219. The number of hydrogen-bond acceptors (Lipinski definition) is 0. The first-order valence-corrected chi connectivity index (χ1v) is 7.02. The second-order valence-corrected chi connectivity index (χ2v) is 5.13. The third kappa shape index (κ3) is 3.83. The van der Waals surface area contributed by atoms with E-state index in [4.69, 9.17) is 0 Å². The summed E-state index contributed by atoms with van der Waals surface area (Å²) in [6.07, 6.45) is 6.13. The highest BCUT2D eigenvalue weighted by Gasteiger charge is 2.37. The minimum atomic E-state index is -0.263. The summed E-state index contributed by atoms with van der Waals surface area (Å²) in [6, 6.07) is 0. The van der Waals surface area contributed by atoms with Crippen molar-refractivity contribution in [3.8, 4) is 0 Å². The van der Waals surface area contributed by atoms with E-state index in [0.29, 0.717) is 12.3 Å². The summed E-state index contributed by atoms with van der Waals surface area (Å²) in [5.41, 5.74) is 2.37. The van der Waals surface area contributed by atoms with Crippen LogP contribution in [-0.2, 0) is 0 Å². The van der Waals surface area contributed by atoms with Gasteiger partial charge in [-0.1, -0.05) is 51.2 Å². The zero-order valence-corrected chi connectivity index (χ0v) is 12.4. The lowest BCUT2D eigenvalue weighted by atomic mass is 9.63. The molecule has 0 aromatic rings. The first-order valence-electron chi connectivity index (χ1n) is 7.02. The van der Waals surface area contributed by atoms with Crippen molar-refractivity contribution in [1.29, 1.82) is 0 Å². The minimum absolute atomic E-state index is 0.0598. The summed E-state index contributed by atoms with van der Waals surface area (Å²) in [4.78, 5) is 0. The normalized spacial score (nSPS) is 15.8. The van der Waals surface area contributed by atoms with Crippen LogP contribution in [0.2, 0.25) is 0 Å². The van der Waals surface area contributed by atoms with Crippen LogP contribution in [0.4, 0.5) is 4.39 Å². The molecular weight excluding hydrogens is 223 g/mol. The number of hydrogen-bond donors (Lipinski definition) is 0. The number of allylic oxidation sites excluding steroid dienone is 3. The molecule has 0 aromatic carbocycles. The SMILES string of the molecule is C=CCC(CCCF)(C(=C)CC)C(C)C(=C)CC. The Morgan fingerprint density at radius 1 is 1.28 bits per heavy atom. The average Bonchev–Trinajstić information content (AvgIpc) is 2.40. The summed E-state index contributed by atoms with van der Waals surface area (Å²) in [6.45, 7) is 18.5. The van der Waals surface area contributed by atoms with Crippen molar-refractivity contribution in [3.05, 3.63) is 37.0 Å². The smallest absolute Gasteiger partial charge is 0.0894 e. The predicted octanol–water partition coefficient (Wildman–Crippen LogP) is 5.87. The van der Waals surface area contributed by atoms with E-state index in [9.17, 15) is 4.39 Å². The van der Waals surface area contributed by atoms with Crippen molar-refractivity contribution in [3.63, 3.8) is 0 Å². The molecular formula is C17H29F. The molecule has 0 aliphatic rings. The highest BCUT2D eigenvalue weighted by atomic mass is 19.1. The fourth-order valence-electron chi connectivity index (χ4n) is 2.81. The Morgan fingerprint density at radius 2 is 1.89 bits per heavy atom. The van der Waals surface area contributed by atoms with Gasteiger partial charge in [0.05, 0.1) is 6.67 Å². The van der Waals surface area contributed by atoms with Gasteiger partial charge >= 0.3 is 0 Å². The second-order valence-electron chi connectivity index (χ2n) is 5.13. The van der Waals surface area contributed by atoms with Crippen LogP contribution in [0.5, 0.6) is 0 Å². The molecule has 0 aliphatic heterocycles. The molecule has 0 rings (SSSR count). The maximum Gasteiger partial charge on any atom is 0.0894 e. The highest BCUT2D eigenvalue weighted by molar-refractivity contribution is 5.20. The lowest BCUT2D eigenvalue weighted by Crippen LogP contribution is -2.31. The van der Waals surface area contributed by atoms with Crippen LogP contribution in [-0.4, -0.2) is 6.67 Å². The molecule has 104 valence electrons. The number of halogens is 1. The monoisotopic (exact) mass is 252 g/mol. The van der Waals surface area contributed by atoms with Crippen LogP contribution in [0.15, 0.2) is 37.0 Å². The van der Waals surface area contributed by atoms with E-state index in [1.807, 2.05) is 6.08 Å². The molecule has 0 amide bonds. The first-order chi connectivity index (χ1) is 8.49. The Balaban J connectivity index is 5.35. The molecule has 0 fully saturated rings. The zero-order chi connectivity index (χ0) is 14.2. The zero-order valence-electron chi connectivity index (χ0n) is 12.4. The van der Waals surface area contributed by atoms with Crippen LogP contribution < -0.4 is 0 Å². The van der Waals surface area contributed by atoms with E-state index in [1.165, 1.54) is 11.1 Å². The van der Waals surface area contributed by atoms with Gasteiger partial charge in [0.25, 0.3) is 0 Å². The molecule has 0 saturated carbocycles. The van der Waals surface area contributed by atoms with Crippen LogP contribution in [0.3, 0.4) is 0 Å². The average molecular weight is 252 g/mol. The second kappa shape index (κ2) is 8.29. The fourth-order valence-corrected chi connectivity index (χ4v) is 2.81. The maximum atomic E-state index is 12.6. The Bertz CT molecular complexity index is 290. The molecule has 0 radical (unpaired) electrons. The third-order valence-corrected chi connectivity index (χ3v) is 4.29. The quantitative estimate of drug-likeness (QED) is 0.427. The summed E-state index contributed by atoms with van der Waals surface area (Å²) in [7, 11) is 0. The van der Waals surface area contributed by atoms with Crippen LogP contribution in [0.1, 0.15) is 52.9 Å².